The number of sulfonamides is 1. The predicted molar refractivity (Wildman–Crippen MR) is 137 cm³/mol. The monoisotopic (exact) mass is 507 g/mol. The summed E-state index contributed by atoms with van der Waals surface area (Å²) in [6, 6.07) is 15.2. The molecule has 0 spiro atoms. The molecule has 0 aromatic heterocycles. The summed E-state index contributed by atoms with van der Waals surface area (Å²) in [6.07, 6.45) is 2.76. The first-order valence-electron chi connectivity index (χ1n) is 11.4. The Bertz CT molecular complexity index is 1050. The fourth-order valence-corrected chi connectivity index (χ4v) is 4.53. The summed E-state index contributed by atoms with van der Waals surface area (Å²) in [6.45, 7) is 5.60. The van der Waals surface area contributed by atoms with Gasteiger partial charge in [-0.05, 0) is 56.0 Å². The fraction of sp³-hybridized carbons (Fsp3) is 0.440. The molecule has 186 valence electrons. The highest BCUT2D eigenvalue weighted by Crippen LogP contribution is 2.21. The van der Waals surface area contributed by atoms with Crippen molar-refractivity contribution in [1.29, 1.82) is 0 Å². The van der Waals surface area contributed by atoms with Gasteiger partial charge >= 0.3 is 0 Å². The van der Waals surface area contributed by atoms with Crippen molar-refractivity contribution in [1.82, 2.24) is 10.2 Å². The van der Waals surface area contributed by atoms with Crippen LogP contribution in [0.25, 0.3) is 0 Å². The van der Waals surface area contributed by atoms with Gasteiger partial charge in [-0.25, -0.2) is 8.42 Å². The number of carbonyl (C=O) groups is 2. The van der Waals surface area contributed by atoms with Crippen LogP contribution < -0.4 is 9.62 Å². The van der Waals surface area contributed by atoms with Crippen LogP contribution >= 0.6 is 11.6 Å². The zero-order chi connectivity index (χ0) is 25.3. The second-order valence-corrected chi connectivity index (χ2v) is 10.7. The number of hydrogen-bond donors (Lipinski definition) is 1. The van der Waals surface area contributed by atoms with Crippen molar-refractivity contribution in [3.8, 4) is 0 Å². The highest BCUT2D eigenvalue weighted by molar-refractivity contribution is 7.92. The molecule has 7 nitrogen and oxygen atoms in total. The van der Waals surface area contributed by atoms with Gasteiger partial charge in [0.25, 0.3) is 0 Å². The minimum Gasteiger partial charge on any atom is -0.352 e. The van der Waals surface area contributed by atoms with Gasteiger partial charge in [-0.1, -0.05) is 55.8 Å². The largest absolute Gasteiger partial charge is 0.352 e. The van der Waals surface area contributed by atoms with Crippen LogP contribution in [0.5, 0.6) is 0 Å². The number of nitrogens with one attached hydrogen (secondary N) is 1. The molecule has 2 atom stereocenters. The van der Waals surface area contributed by atoms with Gasteiger partial charge in [0.1, 0.15) is 12.6 Å². The Hall–Kier alpha value is -2.58. The molecule has 0 aliphatic rings. The number of benzene rings is 2. The lowest BCUT2D eigenvalue weighted by atomic mass is 10.1. The van der Waals surface area contributed by atoms with E-state index in [1.165, 1.54) is 4.90 Å². The van der Waals surface area contributed by atoms with Crippen molar-refractivity contribution < 1.29 is 18.0 Å². The van der Waals surface area contributed by atoms with E-state index in [1.807, 2.05) is 51.1 Å². The van der Waals surface area contributed by atoms with Crippen molar-refractivity contribution in [2.75, 3.05) is 23.7 Å². The smallest absolute Gasteiger partial charge is 0.244 e. The maximum atomic E-state index is 13.5. The highest BCUT2D eigenvalue weighted by Gasteiger charge is 2.31. The number of halogens is 1. The van der Waals surface area contributed by atoms with Gasteiger partial charge < -0.3 is 10.2 Å². The second-order valence-electron chi connectivity index (χ2n) is 8.31. The van der Waals surface area contributed by atoms with Gasteiger partial charge in [0.05, 0.1) is 11.9 Å². The lowest BCUT2D eigenvalue weighted by molar-refractivity contribution is -0.139. The molecule has 2 aromatic rings. The highest BCUT2D eigenvalue weighted by atomic mass is 35.5. The zero-order valence-corrected chi connectivity index (χ0v) is 21.8. The van der Waals surface area contributed by atoms with Crippen LogP contribution in [-0.4, -0.2) is 56.6 Å². The van der Waals surface area contributed by atoms with Crippen LogP contribution in [0.3, 0.4) is 0 Å². The Labute approximate surface area is 208 Å². The third kappa shape index (κ3) is 8.02. The number of carbonyl (C=O) groups excluding carboxylic acids is 2. The molecule has 0 radical (unpaired) electrons. The molecule has 2 amide bonds. The van der Waals surface area contributed by atoms with E-state index < -0.39 is 28.5 Å². The molecule has 0 saturated carbocycles. The summed E-state index contributed by atoms with van der Waals surface area (Å²) in [5.74, 6) is -0.682. The first kappa shape index (κ1) is 27.7. The summed E-state index contributed by atoms with van der Waals surface area (Å²) in [5, 5.41) is 3.42. The van der Waals surface area contributed by atoms with E-state index in [0.717, 1.165) is 22.5 Å². The van der Waals surface area contributed by atoms with Gasteiger partial charge in [-0.2, -0.15) is 0 Å². The van der Waals surface area contributed by atoms with E-state index in [9.17, 15) is 18.0 Å². The summed E-state index contributed by atoms with van der Waals surface area (Å²) in [5.41, 5.74) is 1.36. The van der Waals surface area contributed by atoms with Gasteiger partial charge in [0.15, 0.2) is 0 Å². The van der Waals surface area contributed by atoms with Crippen molar-refractivity contribution in [2.45, 2.75) is 52.1 Å². The summed E-state index contributed by atoms with van der Waals surface area (Å²) in [4.78, 5) is 28.1. The van der Waals surface area contributed by atoms with E-state index in [0.29, 0.717) is 23.6 Å². The molecule has 0 heterocycles. The SMILES string of the molecule is CC[C@H](C(=O)N[C@@H](C)CC)N(CCc1ccccc1)C(=O)CN(c1ccc(Cl)cc1)S(C)(=O)=O. The molecular weight excluding hydrogens is 474 g/mol. The van der Waals surface area contributed by atoms with E-state index in [-0.39, 0.29) is 18.5 Å². The zero-order valence-electron chi connectivity index (χ0n) is 20.2. The average molecular weight is 508 g/mol. The van der Waals surface area contributed by atoms with Gasteiger partial charge in [-0.3, -0.25) is 13.9 Å². The molecule has 2 aromatic carbocycles. The lowest BCUT2D eigenvalue weighted by Crippen LogP contribution is -2.54. The van der Waals surface area contributed by atoms with Gasteiger partial charge in [-0.15, -0.1) is 0 Å². The summed E-state index contributed by atoms with van der Waals surface area (Å²) >= 11 is 5.95. The van der Waals surface area contributed by atoms with E-state index in [1.54, 1.807) is 24.3 Å². The standard InChI is InChI=1S/C25H34ClN3O4S/c1-5-19(3)27-25(31)23(6-2)28(17-16-20-10-8-7-9-11-20)24(30)18-29(34(4,32)33)22-14-12-21(26)13-15-22/h7-15,19,23H,5-6,16-18H2,1-4H3,(H,27,31)/t19-,23+/m0/s1. The fourth-order valence-electron chi connectivity index (χ4n) is 3.56. The van der Waals surface area contributed by atoms with E-state index in [4.69, 9.17) is 11.6 Å². The normalized spacial score (nSPS) is 13.1. The van der Waals surface area contributed by atoms with Crippen LogP contribution in [0.2, 0.25) is 5.02 Å². The Morgan fingerprint density at radius 2 is 1.62 bits per heavy atom. The molecule has 1 N–H and O–H groups in total. The minimum absolute atomic E-state index is 0.0331. The quantitative estimate of drug-likeness (QED) is 0.472. The van der Waals surface area contributed by atoms with E-state index in [2.05, 4.69) is 5.32 Å². The Morgan fingerprint density at radius 3 is 2.15 bits per heavy atom. The minimum atomic E-state index is -3.76. The van der Waals surface area contributed by atoms with Crippen molar-refractivity contribution in [2.24, 2.45) is 0 Å². The first-order chi connectivity index (χ1) is 16.1. The topological polar surface area (TPSA) is 86.8 Å². The molecule has 0 aliphatic carbocycles. The predicted octanol–water partition coefficient (Wildman–Crippen LogP) is 3.87. The molecule has 9 heteroatoms. The van der Waals surface area contributed by atoms with Crippen LogP contribution in [0.15, 0.2) is 54.6 Å². The summed E-state index contributed by atoms with van der Waals surface area (Å²) < 4.78 is 26.2. The number of rotatable bonds is 12. The van der Waals surface area contributed by atoms with Gasteiger partial charge in [0, 0.05) is 17.6 Å². The average Bonchev–Trinajstić information content (AvgIpc) is 2.80. The molecule has 0 fully saturated rings. The maximum Gasteiger partial charge on any atom is 0.244 e. The molecule has 0 aliphatic heterocycles. The number of nitrogens with zero attached hydrogens (tertiary/aromatic N) is 2. The summed E-state index contributed by atoms with van der Waals surface area (Å²) in [7, 11) is -3.76. The number of anilines is 1. The Kier molecular flexibility index (Phi) is 10.4. The number of hydrogen-bond acceptors (Lipinski definition) is 4. The van der Waals surface area contributed by atoms with Crippen LogP contribution in [0, 0.1) is 0 Å². The van der Waals surface area contributed by atoms with Crippen LogP contribution in [0.1, 0.15) is 39.2 Å². The van der Waals surface area contributed by atoms with Gasteiger partial charge in [0.2, 0.25) is 21.8 Å². The van der Waals surface area contributed by atoms with Crippen molar-refractivity contribution in [3.05, 3.63) is 65.2 Å². The molecular formula is C25H34ClN3O4S. The third-order valence-electron chi connectivity index (χ3n) is 5.66. The third-order valence-corrected chi connectivity index (χ3v) is 7.06. The number of amides is 2. The molecule has 34 heavy (non-hydrogen) atoms. The maximum absolute atomic E-state index is 13.5. The second kappa shape index (κ2) is 12.8. The molecule has 0 saturated heterocycles. The van der Waals surface area contributed by atoms with Crippen LogP contribution in [0.4, 0.5) is 5.69 Å². The van der Waals surface area contributed by atoms with Crippen molar-refractivity contribution >= 4 is 39.1 Å². The first-order valence-corrected chi connectivity index (χ1v) is 13.7. The van der Waals surface area contributed by atoms with Crippen LogP contribution in [-0.2, 0) is 26.0 Å². The van der Waals surface area contributed by atoms with Crippen molar-refractivity contribution in [3.63, 3.8) is 0 Å². The Morgan fingerprint density at radius 1 is 1.00 bits per heavy atom. The Balaban J connectivity index is 2.34. The molecule has 2 rings (SSSR count). The molecule has 0 bridgehead atoms. The molecule has 0 unspecified atom stereocenters. The lowest BCUT2D eigenvalue weighted by Gasteiger charge is -2.33. The van der Waals surface area contributed by atoms with E-state index >= 15 is 0 Å².